The summed E-state index contributed by atoms with van der Waals surface area (Å²) >= 11 is 0. The molecule has 1 nitrogen and oxygen atoms in total. The van der Waals surface area contributed by atoms with Crippen LogP contribution >= 0.6 is 0 Å². The smallest absolute Gasteiger partial charge is 0.159 e. The van der Waals surface area contributed by atoms with Crippen LogP contribution in [-0.4, -0.2) is 0 Å². The van der Waals surface area contributed by atoms with Gasteiger partial charge in [-0.2, -0.15) is 0 Å². The van der Waals surface area contributed by atoms with E-state index in [1.54, 1.807) is 6.07 Å². The molecule has 0 radical (unpaired) electrons. The maximum Gasteiger partial charge on any atom is 0.159 e. The Hall–Kier alpha value is -0.960. The Morgan fingerprint density at radius 3 is 2.43 bits per heavy atom. The highest BCUT2D eigenvalue weighted by molar-refractivity contribution is 5.24. The summed E-state index contributed by atoms with van der Waals surface area (Å²) in [7, 11) is 0. The molecule has 0 bridgehead atoms. The summed E-state index contributed by atoms with van der Waals surface area (Å²) in [4.78, 5) is 0. The fraction of sp³-hybridized carbons (Fsp3) is 0.455. The predicted octanol–water partition coefficient (Wildman–Crippen LogP) is 2.76. The Labute approximate surface area is 81.9 Å². The van der Waals surface area contributed by atoms with E-state index in [2.05, 4.69) is 6.92 Å². The second kappa shape index (κ2) is 3.02. The van der Waals surface area contributed by atoms with Crippen LogP contribution in [0.2, 0.25) is 0 Å². The summed E-state index contributed by atoms with van der Waals surface area (Å²) in [6.07, 6.45) is 2.13. The lowest BCUT2D eigenvalue weighted by molar-refractivity contribution is 0.444. The molecule has 2 rings (SSSR count). The first-order valence-electron chi connectivity index (χ1n) is 4.73. The lowest BCUT2D eigenvalue weighted by Gasteiger charge is -2.19. The topological polar surface area (TPSA) is 26.0 Å². The number of benzene rings is 1. The molecule has 0 aliphatic heterocycles. The lowest BCUT2D eigenvalue weighted by atomic mass is 9.93. The first-order chi connectivity index (χ1) is 6.53. The van der Waals surface area contributed by atoms with Gasteiger partial charge in [0.05, 0.1) is 0 Å². The van der Waals surface area contributed by atoms with E-state index in [-0.39, 0.29) is 11.5 Å². The van der Waals surface area contributed by atoms with Gasteiger partial charge in [0.2, 0.25) is 0 Å². The minimum Gasteiger partial charge on any atom is -0.323 e. The predicted molar refractivity (Wildman–Crippen MR) is 50.6 cm³/mol. The molecule has 14 heavy (non-hydrogen) atoms. The molecule has 1 aliphatic rings. The number of rotatable bonds is 2. The molecule has 3 heteroatoms. The second-order valence-electron chi connectivity index (χ2n) is 4.31. The average Bonchev–Trinajstić information content (AvgIpc) is 2.89. The Morgan fingerprint density at radius 1 is 1.29 bits per heavy atom. The van der Waals surface area contributed by atoms with Gasteiger partial charge in [-0.25, -0.2) is 8.78 Å². The third kappa shape index (κ3) is 1.52. The van der Waals surface area contributed by atoms with E-state index in [9.17, 15) is 8.78 Å². The van der Waals surface area contributed by atoms with E-state index in [1.165, 1.54) is 6.07 Å². The average molecular weight is 197 g/mol. The van der Waals surface area contributed by atoms with E-state index < -0.39 is 11.6 Å². The number of halogens is 2. The van der Waals surface area contributed by atoms with E-state index in [0.29, 0.717) is 5.56 Å². The molecule has 1 saturated carbocycles. The van der Waals surface area contributed by atoms with Crippen molar-refractivity contribution in [2.75, 3.05) is 0 Å². The molecule has 0 amide bonds. The zero-order valence-electron chi connectivity index (χ0n) is 8.06. The fourth-order valence-corrected chi connectivity index (χ4v) is 1.62. The SMILES string of the molecule is CC1(C(N)c2ccc(F)c(F)c2)CC1. The van der Waals surface area contributed by atoms with Gasteiger partial charge in [-0.3, -0.25) is 0 Å². The Morgan fingerprint density at radius 2 is 1.93 bits per heavy atom. The molecule has 1 aromatic rings. The van der Waals surface area contributed by atoms with Gasteiger partial charge in [0.15, 0.2) is 11.6 Å². The van der Waals surface area contributed by atoms with Gasteiger partial charge < -0.3 is 5.73 Å². The van der Waals surface area contributed by atoms with Crippen LogP contribution in [0.3, 0.4) is 0 Å². The molecular weight excluding hydrogens is 184 g/mol. The van der Waals surface area contributed by atoms with Gasteiger partial charge in [0, 0.05) is 6.04 Å². The summed E-state index contributed by atoms with van der Waals surface area (Å²) < 4.78 is 25.6. The number of hydrogen-bond acceptors (Lipinski definition) is 1. The Bertz CT molecular complexity index is 358. The zero-order chi connectivity index (χ0) is 10.3. The van der Waals surface area contributed by atoms with E-state index in [4.69, 9.17) is 5.73 Å². The molecule has 2 N–H and O–H groups in total. The van der Waals surface area contributed by atoms with Crippen LogP contribution in [-0.2, 0) is 0 Å². The van der Waals surface area contributed by atoms with Crippen molar-refractivity contribution in [2.24, 2.45) is 11.1 Å². The molecular formula is C11H13F2N. The summed E-state index contributed by atoms with van der Waals surface area (Å²) in [5, 5.41) is 0. The third-order valence-corrected chi connectivity index (χ3v) is 3.09. The minimum atomic E-state index is -0.818. The highest BCUT2D eigenvalue weighted by Crippen LogP contribution is 2.53. The van der Waals surface area contributed by atoms with Gasteiger partial charge >= 0.3 is 0 Å². The highest BCUT2D eigenvalue weighted by Gasteiger charge is 2.43. The largest absolute Gasteiger partial charge is 0.323 e. The molecule has 1 unspecified atom stereocenters. The van der Waals surface area contributed by atoms with E-state index in [1.807, 2.05) is 0 Å². The highest BCUT2D eigenvalue weighted by atomic mass is 19.2. The quantitative estimate of drug-likeness (QED) is 0.775. The van der Waals surface area contributed by atoms with Crippen molar-refractivity contribution in [2.45, 2.75) is 25.8 Å². The fourth-order valence-electron chi connectivity index (χ4n) is 1.62. The van der Waals surface area contributed by atoms with Crippen molar-refractivity contribution in [1.82, 2.24) is 0 Å². The standard InChI is InChI=1S/C11H13F2N/c1-11(4-5-11)10(14)7-2-3-8(12)9(13)6-7/h2-3,6,10H,4-5,14H2,1H3. The van der Waals surface area contributed by atoms with E-state index >= 15 is 0 Å². The van der Waals surface area contributed by atoms with Crippen molar-refractivity contribution in [3.05, 3.63) is 35.4 Å². The maximum atomic E-state index is 12.9. The summed E-state index contributed by atoms with van der Waals surface area (Å²) in [6.45, 7) is 2.07. The lowest BCUT2D eigenvalue weighted by Crippen LogP contribution is -2.20. The van der Waals surface area contributed by atoms with Crippen molar-refractivity contribution in [3.63, 3.8) is 0 Å². The molecule has 0 spiro atoms. The zero-order valence-corrected chi connectivity index (χ0v) is 8.06. The Balaban J connectivity index is 2.28. The monoisotopic (exact) mass is 197 g/mol. The number of nitrogens with two attached hydrogens (primary N) is 1. The summed E-state index contributed by atoms with van der Waals surface area (Å²) in [5.41, 5.74) is 6.74. The van der Waals surface area contributed by atoms with Crippen LogP contribution in [0, 0.1) is 17.0 Å². The molecule has 1 aliphatic carbocycles. The van der Waals surface area contributed by atoms with Gasteiger partial charge in [-0.1, -0.05) is 13.0 Å². The van der Waals surface area contributed by atoms with Crippen LogP contribution in [0.1, 0.15) is 31.4 Å². The normalized spacial score (nSPS) is 20.6. The summed E-state index contributed by atoms with van der Waals surface area (Å²) in [5.74, 6) is -1.64. The molecule has 1 atom stereocenters. The van der Waals surface area contributed by atoms with Gasteiger partial charge in [0.25, 0.3) is 0 Å². The van der Waals surface area contributed by atoms with Crippen LogP contribution < -0.4 is 5.73 Å². The molecule has 0 aromatic heterocycles. The Kier molecular flexibility index (Phi) is 2.07. The van der Waals surface area contributed by atoms with Crippen LogP contribution in [0.4, 0.5) is 8.78 Å². The van der Waals surface area contributed by atoms with Gasteiger partial charge in [-0.15, -0.1) is 0 Å². The van der Waals surface area contributed by atoms with Crippen LogP contribution in [0.5, 0.6) is 0 Å². The van der Waals surface area contributed by atoms with Crippen molar-refractivity contribution in [1.29, 1.82) is 0 Å². The van der Waals surface area contributed by atoms with Gasteiger partial charge in [-0.05, 0) is 36.0 Å². The van der Waals surface area contributed by atoms with Crippen molar-refractivity contribution >= 4 is 0 Å². The van der Waals surface area contributed by atoms with Crippen LogP contribution in [0.25, 0.3) is 0 Å². The molecule has 0 heterocycles. The molecule has 0 saturated heterocycles. The van der Waals surface area contributed by atoms with Crippen LogP contribution in [0.15, 0.2) is 18.2 Å². The number of hydrogen-bond donors (Lipinski definition) is 1. The minimum absolute atomic E-state index is 0.0876. The molecule has 1 aromatic carbocycles. The molecule has 1 fully saturated rings. The first-order valence-corrected chi connectivity index (χ1v) is 4.73. The molecule has 76 valence electrons. The first kappa shape index (κ1) is 9.59. The van der Waals surface area contributed by atoms with Gasteiger partial charge in [0.1, 0.15) is 0 Å². The summed E-state index contributed by atoms with van der Waals surface area (Å²) in [6, 6.07) is 3.71. The van der Waals surface area contributed by atoms with Crippen molar-refractivity contribution in [3.8, 4) is 0 Å². The van der Waals surface area contributed by atoms with E-state index in [0.717, 1.165) is 18.9 Å². The third-order valence-electron chi connectivity index (χ3n) is 3.09. The van der Waals surface area contributed by atoms with Crippen molar-refractivity contribution < 1.29 is 8.78 Å². The maximum absolute atomic E-state index is 12.9. The second-order valence-corrected chi connectivity index (χ2v) is 4.31.